The molecule has 2 aromatic carbocycles. The van der Waals surface area contributed by atoms with Crippen molar-refractivity contribution in [3.63, 3.8) is 0 Å². The zero-order valence-electron chi connectivity index (χ0n) is 14.5. The Morgan fingerprint density at radius 1 is 1.07 bits per heavy atom. The van der Waals surface area contributed by atoms with Gasteiger partial charge in [-0.2, -0.15) is 0 Å². The minimum Gasteiger partial charge on any atom is -0.452 e. The first-order valence-corrected chi connectivity index (χ1v) is 9.50. The molecule has 1 N–H and O–H groups in total. The molecular formula is C19H15Cl3N2O4. The van der Waals surface area contributed by atoms with E-state index in [1.54, 1.807) is 29.2 Å². The fraction of sp³-hybridized carbons (Fsp3) is 0.211. The van der Waals surface area contributed by atoms with E-state index in [9.17, 15) is 14.4 Å². The maximum absolute atomic E-state index is 12.1. The number of nitrogens with one attached hydrogen (secondary N) is 1. The largest absolute Gasteiger partial charge is 0.452 e. The van der Waals surface area contributed by atoms with E-state index in [-0.39, 0.29) is 27.2 Å². The smallest absolute Gasteiger partial charge is 0.338 e. The van der Waals surface area contributed by atoms with Crippen LogP contribution in [0.5, 0.6) is 0 Å². The van der Waals surface area contributed by atoms with Crippen LogP contribution in [0, 0.1) is 0 Å². The number of carbonyl (C=O) groups excluding carboxylic acids is 3. The summed E-state index contributed by atoms with van der Waals surface area (Å²) in [4.78, 5) is 37.6. The van der Waals surface area contributed by atoms with Gasteiger partial charge in [-0.05, 0) is 42.8 Å². The quantitative estimate of drug-likeness (QED) is 0.690. The number of esters is 1. The topological polar surface area (TPSA) is 75.7 Å². The molecule has 0 unspecified atom stereocenters. The van der Waals surface area contributed by atoms with Crippen LogP contribution in [-0.2, 0) is 14.3 Å². The van der Waals surface area contributed by atoms with Crippen molar-refractivity contribution < 1.29 is 19.1 Å². The molecule has 1 heterocycles. The van der Waals surface area contributed by atoms with Gasteiger partial charge in [0.25, 0.3) is 5.91 Å². The second kappa shape index (κ2) is 8.82. The number of rotatable bonds is 5. The fourth-order valence-corrected chi connectivity index (χ4v) is 3.66. The second-order valence-corrected chi connectivity index (χ2v) is 7.32. The molecule has 6 nitrogen and oxygen atoms in total. The number of anilines is 2. The zero-order valence-corrected chi connectivity index (χ0v) is 16.8. The molecule has 1 aliphatic rings. The lowest BCUT2D eigenvalue weighted by atomic mass is 10.2. The van der Waals surface area contributed by atoms with E-state index >= 15 is 0 Å². The van der Waals surface area contributed by atoms with Crippen LogP contribution in [-0.4, -0.2) is 30.9 Å². The van der Waals surface area contributed by atoms with E-state index in [1.165, 1.54) is 12.1 Å². The summed E-state index contributed by atoms with van der Waals surface area (Å²) >= 11 is 17.8. The molecule has 146 valence electrons. The molecule has 1 saturated heterocycles. The molecule has 1 aliphatic heterocycles. The van der Waals surface area contributed by atoms with Gasteiger partial charge < -0.3 is 15.0 Å². The van der Waals surface area contributed by atoms with Crippen molar-refractivity contribution >= 4 is 64.0 Å². The first kappa shape index (κ1) is 20.5. The van der Waals surface area contributed by atoms with Crippen molar-refractivity contribution in [2.45, 2.75) is 12.8 Å². The maximum atomic E-state index is 12.1. The number of ether oxygens (including phenoxy) is 1. The van der Waals surface area contributed by atoms with Gasteiger partial charge in [0.2, 0.25) is 5.91 Å². The van der Waals surface area contributed by atoms with Crippen molar-refractivity contribution in [2.75, 3.05) is 23.4 Å². The minimum absolute atomic E-state index is 0.0616. The number of halogens is 3. The predicted molar refractivity (Wildman–Crippen MR) is 108 cm³/mol. The number of amides is 2. The van der Waals surface area contributed by atoms with E-state index in [0.717, 1.165) is 12.1 Å². The van der Waals surface area contributed by atoms with Crippen molar-refractivity contribution in [1.29, 1.82) is 0 Å². The number of benzene rings is 2. The number of carbonyl (C=O) groups is 3. The van der Waals surface area contributed by atoms with Crippen LogP contribution in [0.15, 0.2) is 36.4 Å². The van der Waals surface area contributed by atoms with Crippen LogP contribution < -0.4 is 10.2 Å². The molecule has 2 aromatic rings. The fourth-order valence-electron chi connectivity index (χ4n) is 2.75. The van der Waals surface area contributed by atoms with E-state index < -0.39 is 18.5 Å². The van der Waals surface area contributed by atoms with E-state index in [4.69, 9.17) is 39.5 Å². The van der Waals surface area contributed by atoms with Gasteiger partial charge in [0.1, 0.15) is 0 Å². The van der Waals surface area contributed by atoms with Crippen LogP contribution in [0.1, 0.15) is 23.2 Å². The number of nitrogens with zero attached hydrogens (tertiary/aromatic N) is 1. The lowest BCUT2D eigenvalue weighted by molar-refractivity contribution is -0.119. The Hall–Kier alpha value is -2.28. The van der Waals surface area contributed by atoms with Crippen molar-refractivity contribution in [1.82, 2.24) is 0 Å². The molecule has 9 heteroatoms. The summed E-state index contributed by atoms with van der Waals surface area (Å²) in [6.45, 7) is 0.152. The molecule has 0 radical (unpaired) electrons. The molecule has 1 fully saturated rings. The van der Waals surface area contributed by atoms with Gasteiger partial charge in [-0.25, -0.2) is 4.79 Å². The Morgan fingerprint density at radius 2 is 1.71 bits per heavy atom. The molecule has 3 rings (SSSR count). The average molecular weight is 442 g/mol. The highest BCUT2D eigenvalue weighted by Gasteiger charge is 2.22. The van der Waals surface area contributed by atoms with Crippen molar-refractivity contribution in [3.8, 4) is 0 Å². The highest BCUT2D eigenvalue weighted by molar-refractivity contribution is 6.42. The maximum Gasteiger partial charge on any atom is 0.338 e. The van der Waals surface area contributed by atoms with Crippen molar-refractivity contribution in [2.24, 2.45) is 0 Å². The normalized spacial score (nSPS) is 13.5. The van der Waals surface area contributed by atoms with Crippen LogP contribution in [0.25, 0.3) is 0 Å². The van der Waals surface area contributed by atoms with E-state index in [0.29, 0.717) is 18.0 Å². The summed E-state index contributed by atoms with van der Waals surface area (Å²) in [5.74, 6) is -1.20. The van der Waals surface area contributed by atoms with Crippen molar-refractivity contribution in [3.05, 3.63) is 57.0 Å². The van der Waals surface area contributed by atoms with Crippen LogP contribution in [0.3, 0.4) is 0 Å². The molecule has 0 aromatic heterocycles. The molecular weight excluding hydrogens is 427 g/mol. The third-order valence-corrected chi connectivity index (χ3v) is 4.91. The van der Waals surface area contributed by atoms with Gasteiger partial charge in [-0.1, -0.05) is 34.8 Å². The predicted octanol–water partition coefficient (Wildman–Crippen LogP) is 4.57. The molecule has 0 saturated carbocycles. The summed E-state index contributed by atoms with van der Waals surface area (Å²) in [6.07, 6.45) is 1.35. The second-order valence-electron chi connectivity index (χ2n) is 6.06. The summed E-state index contributed by atoms with van der Waals surface area (Å²) in [7, 11) is 0. The van der Waals surface area contributed by atoms with Crippen LogP contribution in [0.2, 0.25) is 15.1 Å². The Bertz CT molecular complexity index is 908. The molecule has 0 spiro atoms. The summed E-state index contributed by atoms with van der Waals surface area (Å²) in [6, 6.07) is 9.31. The summed E-state index contributed by atoms with van der Waals surface area (Å²) in [5.41, 5.74) is 1.18. The summed E-state index contributed by atoms with van der Waals surface area (Å²) < 4.78 is 5.01. The summed E-state index contributed by atoms with van der Waals surface area (Å²) in [5, 5.41) is 3.15. The van der Waals surface area contributed by atoms with Crippen LogP contribution in [0.4, 0.5) is 11.4 Å². The monoisotopic (exact) mass is 440 g/mol. The Balaban J connectivity index is 1.56. The van der Waals surface area contributed by atoms with Gasteiger partial charge in [0.15, 0.2) is 6.61 Å². The van der Waals surface area contributed by atoms with Gasteiger partial charge in [-0.15, -0.1) is 0 Å². The van der Waals surface area contributed by atoms with Gasteiger partial charge in [-0.3, -0.25) is 9.59 Å². The standard InChI is InChI=1S/C19H15Cl3N2O4/c20-12-8-14(21)18(15(22)9-12)23-16(25)10-28-19(27)11-3-5-13(6-4-11)24-7-1-2-17(24)26/h3-6,8-9H,1-2,7,10H2,(H,23,25). The third-order valence-electron chi connectivity index (χ3n) is 4.09. The third kappa shape index (κ3) is 4.76. The highest BCUT2D eigenvalue weighted by atomic mass is 35.5. The minimum atomic E-state index is -0.664. The average Bonchev–Trinajstić information content (AvgIpc) is 3.08. The Labute approximate surface area is 176 Å². The molecule has 2 amide bonds. The Kier molecular flexibility index (Phi) is 6.44. The first-order chi connectivity index (χ1) is 13.3. The van der Waals surface area contributed by atoms with Gasteiger partial charge in [0.05, 0.1) is 21.3 Å². The zero-order chi connectivity index (χ0) is 20.3. The lowest BCUT2D eigenvalue weighted by Gasteiger charge is -2.15. The number of hydrogen-bond acceptors (Lipinski definition) is 4. The molecule has 28 heavy (non-hydrogen) atoms. The van der Waals surface area contributed by atoms with E-state index in [1.807, 2.05) is 0 Å². The van der Waals surface area contributed by atoms with E-state index in [2.05, 4.69) is 5.32 Å². The highest BCUT2D eigenvalue weighted by Crippen LogP contribution is 2.33. The molecule has 0 aliphatic carbocycles. The first-order valence-electron chi connectivity index (χ1n) is 8.37. The van der Waals surface area contributed by atoms with Gasteiger partial charge >= 0.3 is 5.97 Å². The molecule has 0 bridgehead atoms. The molecule has 0 atom stereocenters. The van der Waals surface area contributed by atoms with Crippen LogP contribution >= 0.6 is 34.8 Å². The number of hydrogen-bond donors (Lipinski definition) is 1. The van der Waals surface area contributed by atoms with Gasteiger partial charge in [0, 0.05) is 23.7 Å². The SMILES string of the molecule is O=C(COC(=O)c1ccc(N2CCCC2=O)cc1)Nc1c(Cl)cc(Cl)cc1Cl. The Morgan fingerprint density at radius 3 is 2.29 bits per heavy atom. The lowest BCUT2D eigenvalue weighted by Crippen LogP contribution is -2.23.